The summed E-state index contributed by atoms with van der Waals surface area (Å²) < 4.78 is 6.55. The third-order valence-electron chi connectivity index (χ3n) is 4.02. The number of carbonyl (C=O) groups is 1. The number of esters is 1. The van der Waals surface area contributed by atoms with Crippen molar-refractivity contribution in [1.29, 1.82) is 0 Å². The molecule has 5 heteroatoms. The smallest absolute Gasteiger partial charge is 0.320 e. The Bertz CT molecular complexity index is 527. The first-order valence-corrected chi connectivity index (χ1v) is 8.93. The first kappa shape index (κ1) is 18.3. The van der Waals surface area contributed by atoms with Gasteiger partial charge in [0.2, 0.25) is 0 Å². The minimum Gasteiger partial charge on any atom is -0.459 e. The quantitative estimate of drug-likeness (QED) is 0.746. The van der Waals surface area contributed by atoms with E-state index in [9.17, 15) is 4.79 Å². The topological polar surface area (TPSA) is 32.8 Å². The van der Waals surface area contributed by atoms with Gasteiger partial charge in [-0.15, -0.1) is 0 Å². The molecule has 0 saturated carbocycles. The summed E-state index contributed by atoms with van der Waals surface area (Å²) >= 11 is 3.48. The van der Waals surface area contributed by atoms with Crippen LogP contribution in [0.15, 0.2) is 28.7 Å². The molecular formula is C18H27BrN2O2. The minimum absolute atomic E-state index is 0.145. The largest absolute Gasteiger partial charge is 0.459 e. The summed E-state index contributed by atoms with van der Waals surface area (Å²) in [6, 6.07) is 9.00. The van der Waals surface area contributed by atoms with Crippen LogP contribution < -0.4 is 4.90 Å². The van der Waals surface area contributed by atoms with E-state index in [0.29, 0.717) is 18.6 Å². The number of nitrogens with zero attached hydrogens (tertiary/aromatic N) is 2. The molecule has 1 fully saturated rings. The maximum absolute atomic E-state index is 12.1. The van der Waals surface area contributed by atoms with Crippen LogP contribution in [0.3, 0.4) is 0 Å². The highest BCUT2D eigenvalue weighted by molar-refractivity contribution is 9.10. The van der Waals surface area contributed by atoms with Crippen molar-refractivity contribution < 1.29 is 9.53 Å². The van der Waals surface area contributed by atoms with Crippen LogP contribution in [0.25, 0.3) is 0 Å². The standard InChI is InChI=1S/C18H27BrN2O2/c1-13-10-20(16-8-6-15(19)7-9-16)11-14(2)21(13)12-17(22)23-18(3,4)5/h6-9,13-14H,10-12H2,1-5H3. The van der Waals surface area contributed by atoms with Crippen LogP contribution in [-0.4, -0.2) is 48.2 Å². The maximum Gasteiger partial charge on any atom is 0.320 e. The van der Waals surface area contributed by atoms with Crippen molar-refractivity contribution in [1.82, 2.24) is 4.90 Å². The summed E-state index contributed by atoms with van der Waals surface area (Å²) in [5.74, 6) is -0.145. The summed E-state index contributed by atoms with van der Waals surface area (Å²) in [5.41, 5.74) is 0.798. The van der Waals surface area contributed by atoms with Gasteiger partial charge in [-0.1, -0.05) is 15.9 Å². The third-order valence-corrected chi connectivity index (χ3v) is 4.55. The third kappa shape index (κ3) is 5.21. The number of hydrogen-bond acceptors (Lipinski definition) is 4. The Kier molecular flexibility index (Phi) is 5.74. The number of anilines is 1. The fourth-order valence-corrected chi connectivity index (χ4v) is 3.32. The predicted molar refractivity (Wildman–Crippen MR) is 97.8 cm³/mol. The molecule has 2 rings (SSSR count). The van der Waals surface area contributed by atoms with Gasteiger partial charge in [-0.05, 0) is 58.9 Å². The Morgan fingerprint density at radius 1 is 1.17 bits per heavy atom. The Hall–Kier alpha value is -1.07. The van der Waals surface area contributed by atoms with Gasteiger partial charge in [-0.25, -0.2) is 0 Å². The van der Waals surface area contributed by atoms with E-state index in [0.717, 1.165) is 17.6 Å². The number of hydrogen-bond donors (Lipinski definition) is 0. The lowest BCUT2D eigenvalue weighted by Crippen LogP contribution is -2.58. The second kappa shape index (κ2) is 7.22. The van der Waals surface area contributed by atoms with Gasteiger partial charge in [0.05, 0.1) is 6.54 Å². The van der Waals surface area contributed by atoms with Gasteiger partial charge in [0.25, 0.3) is 0 Å². The molecule has 4 nitrogen and oxygen atoms in total. The molecule has 0 aliphatic carbocycles. The van der Waals surface area contributed by atoms with Crippen molar-refractivity contribution in [2.45, 2.75) is 52.3 Å². The lowest BCUT2D eigenvalue weighted by atomic mass is 10.1. The summed E-state index contributed by atoms with van der Waals surface area (Å²) in [7, 11) is 0. The number of rotatable bonds is 3. The van der Waals surface area contributed by atoms with E-state index in [4.69, 9.17) is 4.74 Å². The van der Waals surface area contributed by atoms with E-state index in [1.54, 1.807) is 0 Å². The Morgan fingerprint density at radius 2 is 1.70 bits per heavy atom. The highest BCUT2D eigenvalue weighted by Crippen LogP contribution is 2.24. The molecule has 1 heterocycles. The van der Waals surface area contributed by atoms with E-state index >= 15 is 0 Å². The van der Waals surface area contributed by atoms with Crippen LogP contribution in [0.1, 0.15) is 34.6 Å². The van der Waals surface area contributed by atoms with Crippen LogP contribution in [0, 0.1) is 0 Å². The predicted octanol–water partition coefficient (Wildman–Crippen LogP) is 3.69. The molecule has 1 aromatic carbocycles. The van der Waals surface area contributed by atoms with E-state index in [1.165, 1.54) is 5.69 Å². The molecule has 128 valence electrons. The normalized spacial score (nSPS) is 23.0. The average Bonchev–Trinajstić information content (AvgIpc) is 2.41. The molecule has 0 amide bonds. The molecule has 23 heavy (non-hydrogen) atoms. The molecule has 1 aliphatic rings. The molecule has 2 unspecified atom stereocenters. The number of piperazine rings is 1. The van der Waals surface area contributed by atoms with Gasteiger partial charge in [-0.3, -0.25) is 9.69 Å². The molecule has 0 aromatic heterocycles. The van der Waals surface area contributed by atoms with Crippen LogP contribution in [0.5, 0.6) is 0 Å². The van der Waals surface area contributed by atoms with Gasteiger partial charge in [0.1, 0.15) is 5.60 Å². The minimum atomic E-state index is -0.428. The zero-order valence-electron chi connectivity index (χ0n) is 14.7. The number of benzene rings is 1. The molecule has 0 N–H and O–H groups in total. The Labute approximate surface area is 147 Å². The van der Waals surface area contributed by atoms with Crippen LogP contribution in [-0.2, 0) is 9.53 Å². The van der Waals surface area contributed by atoms with E-state index in [2.05, 4.69) is 63.8 Å². The summed E-state index contributed by atoms with van der Waals surface area (Å²) in [6.45, 7) is 12.2. The van der Waals surface area contributed by atoms with Crippen LogP contribution in [0.4, 0.5) is 5.69 Å². The van der Waals surface area contributed by atoms with Gasteiger partial charge in [0, 0.05) is 35.3 Å². The zero-order chi connectivity index (χ0) is 17.2. The van der Waals surface area contributed by atoms with Crippen LogP contribution >= 0.6 is 15.9 Å². The second-order valence-corrected chi connectivity index (χ2v) is 8.25. The van der Waals surface area contributed by atoms with Gasteiger partial charge in [-0.2, -0.15) is 0 Å². The van der Waals surface area contributed by atoms with Gasteiger partial charge >= 0.3 is 5.97 Å². The first-order chi connectivity index (χ1) is 10.7. The monoisotopic (exact) mass is 382 g/mol. The summed E-state index contributed by atoms with van der Waals surface area (Å²) in [6.07, 6.45) is 0. The van der Waals surface area contributed by atoms with Crippen molar-refractivity contribution in [2.24, 2.45) is 0 Å². The maximum atomic E-state index is 12.1. The van der Waals surface area contributed by atoms with Crippen molar-refractivity contribution >= 4 is 27.6 Å². The number of halogens is 1. The second-order valence-electron chi connectivity index (χ2n) is 7.34. The fraction of sp³-hybridized carbons (Fsp3) is 0.611. The molecule has 0 bridgehead atoms. The van der Waals surface area contributed by atoms with E-state index < -0.39 is 5.60 Å². The summed E-state index contributed by atoms with van der Waals surface area (Å²) in [4.78, 5) is 16.7. The van der Waals surface area contributed by atoms with Crippen molar-refractivity contribution in [2.75, 3.05) is 24.5 Å². The Balaban J connectivity index is 1.99. The molecule has 1 aliphatic heterocycles. The highest BCUT2D eigenvalue weighted by atomic mass is 79.9. The van der Waals surface area contributed by atoms with Gasteiger partial charge < -0.3 is 9.64 Å². The zero-order valence-corrected chi connectivity index (χ0v) is 16.3. The molecule has 1 aromatic rings. The van der Waals surface area contributed by atoms with Crippen molar-refractivity contribution in [3.8, 4) is 0 Å². The molecule has 2 atom stereocenters. The summed E-state index contributed by atoms with van der Waals surface area (Å²) in [5, 5.41) is 0. The lowest BCUT2D eigenvalue weighted by Gasteiger charge is -2.45. The molecule has 1 saturated heterocycles. The SMILES string of the molecule is CC1CN(c2ccc(Br)cc2)CC(C)N1CC(=O)OC(C)(C)C. The van der Waals surface area contributed by atoms with E-state index in [1.807, 2.05) is 20.8 Å². The molecule has 0 spiro atoms. The van der Waals surface area contributed by atoms with Crippen molar-refractivity contribution in [3.05, 3.63) is 28.7 Å². The fourth-order valence-electron chi connectivity index (χ4n) is 3.05. The first-order valence-electron chi connectivity index (χ1n) is 8.14. The van der Waals surface area contributed by atoms with E-state index in [-0.39, 0.29) is 5.97 Å². The highest BCUT2D eigenvalue weighted by Gasteiger charge is 2.32. The molecule has 0 radical (unpaired) electrons. The van der Waals surface area contributed by atoms with Gasteiger partial charge in [0.15, 0.2) is 0 Å². The van der Waals surface area contributed by atoms with Crippen LogP contribution in [0.2, 0.25) is 0 Å². The number of ether oxygens (including phenoxy) is 1. The average molecular weight is 383 g/mol. The number of carbonyl (C=O) groups excluding carboxylic acids is 1. The lowest BCUT2D eigenvalue weighted by molar-refractivity contribution is -0.157. The van der Waals surface area contributed by atoms with Crippen molar-refractivity contribution in [3.63, 3.8) is 0 Å². The molecular weight excluding hydrogens is 356 g/mol. The Morgan fingerprint density at radius 3 is 2.17 bits per heavy atom.